The van der Waals surface area contributed by atoms with Gasteiger partial charge in [-0.25, -0.2) is 0 Å². The summed E-state index contributed by atoms with van der Waals surface area (Å²) in [6.45, 7) is 9.03. The van der Waals surface area contributed by atoms with Crippen molar-refractivity contribution in [3.63, 3.8) is 0 Å². The minimum atomic E-state index is -0.0810. The summed E-state index contributed by atoms with van der Waals surface area (Å²) in [7, 11) is 1.59. The van der Waals surface area contributed by atoms with Crippen LogP contribution < -0.4 is 16.0 Å². The molecule has 0 radical (unpaired) electrons. The molecule has 0 aromatic heterocycles. The third-order valence-electron chi connectivity index (χ3n) is 3.88. The lowest BCUT2D eigenvalue weighted by Gasteiger charge is -2.23. The summed E-state index contributed by atoms with van der Waals surface area (Å²) >= 11 is 0. The highest BCUT2D eigenvalue weighted by molar-refractivity contribution is 5.78. The molecule has 0 saturated carbocycles. The second-order valence-corrected chi connectivity index (χ2v) is 6.48. The van der Waals surface area contributed by atoms with Crippen LogP contribution in [0.2, 0.25) is 0 Å². The van der Waals surface area contributed by atoms with Crippen LogP contribution in [-0.4, -0.2) is 32.0 Å². The zero-order valence-corrected chi connectivity index (χ0v) is 14.8. The second-order valence-electron chi connectivity index (χ2n) is 6.48. The first-order chi connectivity index (χ1) is 10.8. The maximum absolute atomic E-state index is 12.1. The average Bonchev–Trinajstić information content (AvgIpc) is 2.52. The van der Waals surface area contributed by atoms with Gasteiger partial charge in [0.05, 0.1) is 6.04 Å². The third-order valence-corrected chi connectivity index (χ3v) is 3.88. The summed E-state index contributed by atoms with van der Waals surface area (Å²) in [5, 5.41) is 7.31. The Kier molecular flexibility index (Phi) is 7.75. The molecule has 128 valence electrons. The van der Waals surface area contributed by atoms with Crippen LogP contribution in [-0.2, 0) is 9.59 Å². The van der Waals surface area contributed by atoms with E-state index in [1.54, 1.807) is 12.4 Å². The summed E-state index contributed by atoms with van der Waals surface area (Å²) in [6, 6.07) is 8.42. The number of carbonyl (C=O) groups excluding carboxylic acids is 2. The number of carbonyl (C=O) groups is 2. The van der Waals surface area contributed by atoms with Crippen LogP contribution in [0.1, 0.15) is 50.8 Å². The highest BCUT2D eigenvalue weighted by atomic mass is 16.2. The standard InChI is InChI=1S/C18H29N3O2/c1-12(2)14-6-8-15(9-7-14)18(13(3)4)21-17(23)11-20-10-16(22)19-5/h6-9,12-13,18,20H,10-11H2,1-5H3,(H,19,22)(H,21,23)/p+1/t18-/m1/s1. The van der Waals surface area contributed by atoms with Crippen LogP contribution in [0.15, 0.2) is 24.3 Å². The number of quaternary nitrogens is 1. The number of likely N-dealkylation sites (N-methyl/N-ethyl adjacent to an activating group) is 1. The monoisotopic (exact) mass is 320 g/mol. The van der Waals surface area contributed by atoms with Crippen molar-refractivity contribution < 1.29 is 14.9 Å². The van der Waals surface area contributed by atoms with Gasteiger partial charge in [0.25, 0.3) is 11.8 Å². The van der Waals surface area contributed by atoms with Crippen molar-refractivity contribution >= 4 is 11.8 Å². The molecule has 0 unspecified atom stereocenters. The third kappa shape index (κ3) is 6.40. The van der Waals surface area contributed by atoms with Gasteiger partial charge < -0.3 is 16.0 Å². The molecule has 1 aromatic carbocycles. The molecule has 4 N–H and O–H groups in total. The van der Waals surface area contributed by atoms with Gasteiger partial charge in [0.15, 0.2) is 13.1 Å². The molecule has 2 amide bonds. The highest BCUT2D eigenvalue weighted by Crippen LogP contribution is 2.23. The normalized spacial score (nSPS) is 12.3. The summed E-state index contributed by atoms with van der Waals surface area (Å²) in [6.07, 6.45) is 0. The molecule has 23 heavy (non-hydrogen) atoms. The van der Waals surface area contributed by atoms with E-state index in [2.05, 4.69) is 62.6 Å². The summed E-state index contributed by atoms with van der Waals surface area (Å²) < 4.78 is 0. The van der Waals surface area contributed by atoms with E-state index < -0.39 is 0 Å². The Morgan fingerprint density at radius 3 is 1.96 bits per heavy atom. The van der Waals surface area contributed by atoms with E-state index in [0.717, 1.165) is 5.56 Å². The van der Waals surface area contributed by atoms with E-state index in [1.165, 1.54) is 5.56 Å². The van der Waals surface area contributed by atoms with Crippen LogP contribution in [0.25, 0.3) is 0 Å². The molecule has 0 saturated heterocycles. The molecule has 0 spiro atoms. The fourth-order valence-electron chi connectivity index (χ4n) is 2.39. The van der Waals surface area contributed by atoms with Gasteiger partial charge in [0.2, 0.25) is 0 Å². The van der Waals surface area contributed by atoms with Crippen molar-refractivity contribution in [3.05, 3.63) is 35.4 Å². The van der Waals surface area contributed by atoms with Crippen molar-refractivity contribution in [1.82, 2.24) is 10.6 Å². The molecule has 1 rings (SSSR count). The zero-order chi connectivity index (χ0) is 17.4. The van der Waals surface area contributed by atoms with Gasteiger partial charge >= 0.3 is 0 Å². The van der Waals surface area contributed by atoms with Crippen molar-refractivity contribution in [1.29, 1.82) is 0 Å². The second kappa shape index (κ2) is 9.30. The summed E-state index contributed by atoms with van der Waals surface area (Å²) in [5.41, 5.74) is 2.41. The molecular weight excluding hydrogens is 290 g/mol. The molecule has 0 fully saturated rings. The van der Waals surface area contributed by atoms with Gasteiger partial charge in [-0.05, 0) is 23.0 Å². The van der Waals surface area contributed by atoms with Gasteiger partial charge in [-0.1, -0.05) is 52.0 Å². The number of amides is 2. The van der Waals surface area contributed by atoms with Crippen LogP contribution >= 0.6 is 0 Å². The Balaban J connectivity index is 2.64. The van der Waals surface area contributed by atoms with Gasteiger partial charge in [0.1, 0.15) is 0 Å². The van der Waals surface area contributed by atoms with Crippen LogP contribution in [0.4, 0.5) is 0 Å². The van der Waals surface area contributed by atoms with Crippen molar-refractivity contribution in [2.24, 2.45) is 5.92 Å². The Hall–Kier alpha value is -1.88. The fraction of sp³-hybridized carbons (Fsp3) is 0.556. The van der Waals surface area contributed by atoms with Gasteiger partial charge in [-0.15, -0.1) is 0 Å². The van der Waals surface area contributed by atoms with Crippen LogP contribution in [0, 0.1) is 5.92 Å². The Labute approximate surface area is 139 Å². The Morgan fingerprint density at radius 1 is 0.957 bits per heavy atom. The molecule has 1 aromatic rings. The maximum atomic E-state index is 12.1. The first-order valence-corrected chi connectivity index (χ1v) is 8.26. The zero-order valence-electron chi connectivity index (χ0n) is 14.8. The summed E-state index contributed by atoms with van der Waals surface area (Å²) in [4.78, 5) is 23.3. The van der Waals surface area contributed by atoms with Crippen molar-refractivity contribution in [2.75, 3.05) is 20.1 Å². The lowest BCUT2D eigenvalue weighted by atomic mass is 9.93. The minimum absolute atomic E-state index is 0.0166. The molecule has 5 nitrogen and oxygen atoms in total. The number of benzene rings is 1. The highest BCUT2D eigenvalue weighted by Gasteiger charge is 2.19. The van der Waals surface area contributed by atoms with E-state index in [9.17, 15) is 9.59 Å². The quantitative estimate of drug-likeness (QED) is 0.667. The molecule has 1 atom stereocenters. The number of rotatable bonds is 8. The largest absolute Gasteiger partial charge is 0.354 e. The van der Waals surface area contributed by atoms with E-state index in [-0.39, 0.29) is 30.9 Å². The number of nitrogens with one attached hydrogen (secondary N) is 2. The number of nitrogens with two attached hydrogens (primary N) is 1. The predicted octanol–water partition coefficient (Wildman–Crippen LogP) is 0.933. The molecule has 0 aliphatic heterocycles. The van der Waals surface area contributed by atoms with Crippen molar-refractivity contribution in [2.45, 2.75) is 39.7 Å². The van der Waals surface area contributed by atoms with E-state index in [1.807, 2.05) is 0 Å². The number of hydrogen-bond acceptors (Lipinski definition) is 2. The minimum Gasteiger partial charge on any atom is -0.354 e. The van der Waals surface area contributed by atoms with Crippen LogP contribution in [0.3, 0.4) is 0 Å². The molecule has 0 bridgehead atoms. The topological polar surface area (TPSA) is 74.8 Å². The lowest BCUT2D eigenvalue weighted by molar-refractivity contribution is -0.633. The predicted molar refractivity (Wildman–Crippen MR) is 92.0 cm³/mol. The smallest absolute Gasteiger partial charge is 0.275 e. The maximum Gasteiger partial charge on any atom is 0.275 e. The first kappa shape index (κ1) is 19.2. The van der Waals surface area contributed by atoms with Gasteiger partial charge in [0, 0.05) is 7.05 Å². The van der Waals surface area contributed by atoms with Crippen LogP contribution in [0.5, 0.6) is 0 Å². The molecule has 0 aliphatic carbocycles. The van der Waals surface area contributed by atoms with E-state index in [0.29, 0.717) is 11.8 Å². The summed E-state index contributed by atoms with van der Waals surface area (Å²) in [5.74, 6) is 0.654. The van der Waals surface area contributed by atoms with Gasteiger partial charge in [-0.3, -0.25) is 9.59 Å². The molecule has 5 heteroatoms. The average molecular weight is 320 g/mol. The van der Waals surface area contributed by atoms with Crippen molar-refractivity contribution in [3.8, 4) is 0 Å². The fourth-order valence-corrected chi connectivity index (χ4v) is 2.39. The van der Waals surface area contributed by atoms with E-state index >= 15 is 0 Å². The van der Waals surface area contributed by atoms with E-state index in [4.69, 9.17) is 0 Å². The lowest BCUT2D eigenvalue weighted by Crippen LogP contribution is -2.88. The molecule has 0 aliphatic rings. The number of hydrogen-bond donors (Lipinski definition) is 3. The molecular formula is C18H30N3O2+. The molecule has 0 heterocycles. The Morgan fingerprint density at radius 2 is 1.48 bits per heavy atom. The first-order valence-electron chi connectivity index (χ1n) is 8.26. The SMILES string of the molecule is CNC(=O)C[NH2+]CC(=O)N[C@@H](c1ccc(C(C)C)cc1)C(C)C. The van der Waals surface area contributed by atoms with Gasteiger partial charge in [-0.2, -0.15) is 0 Å². The Bertz CT molecular complexity index is 510.